The molecule has 4 saturated carbocycles. The molecule has 1 heterocycles. The van der Waals surface area contributed by atoms with Crippen LogP contribution >= 0.6 is 0 Å². The molecule has 5 nitrogen and oxygen atoms in total. The summed E-state index contributed by atoms with van der Waals surface area (Å²) in [5.41, 5.74) is 1.77. The number of nitrogens with one attached hydrogen (secondary N) is 1. The van der Waals surface area contributed by atoms with Crippen LogP contribution in [-0.4, -0.2) is 35.1 Å². The number of nitrogens with zero attached hydrogens (tertiary/aromatic N) is 2. The van der Waals surface area contributed by atoms with E-state index in [-0.39, 0.29) is 11.6 Å². The van der Waals surface area contributed by atoms with Crippen molar-refractivity contribution in [2.24, 2.45) is 17.8 Å². The monoisotopic (exact) mass is 403 g/mol. The molecule has 4 bridgehead atoms. The predicted octanol–water partition coefficient (Wildman–Crippen LogP) is 4.36. The van der Waals surface area contributed by atoms with Gasteiger partial charge in [-0.1, -0.05) is 18.1 Å². The number of ether oxygens (including phenoxy) is 1. The lowest BCUT2D eigenvalue weighted by Crippen LogP contribution is -2.60. The van der Waals surface area contributed by atoms with E-state index in [0.29, 0.717) is 24.4 Å². The number of benzene rings is 1. The van der Waals surface area contributed by atoms with E-state index in [1.165, 1.54) is 19.3 Å². The van der Waals surface area contributed by atoms with Crippen molar-refractivity contribution < 1.29 is 9.53 Å². The Kier molecular flexibility index (Phi) is 4.91. The third kappa shape index (κ3) is 3.65. The molecule has 6 rings (SSSR count). The van der Waals surface area contributed by atoms with Crippen molar-refractivity contribution in [3.8, 4) is 18.1 Å². The van der Waals surface area contributed by atoms with E-state index in [9.17, 15) is 4.79 Å². The number of pyridine rings is 1. The Balaban J connectivity index is 1.34. The van der Waals surface area contributed by atoms with Gasteiger partial charge in [-0.3, -0.25) is 9.88 Å². The standard InChI is InChI=1S/C25H29N3O2/c1-3-9-28(2)16-20-6-7-22(23-21(20)5-4-8-26-23)30-24(29)27-25-13-17-10-18(14-25)12-19(11-17)15-25/h1,4-8,17-19H,9-16H2,2H3,(H,27,29). The quantitative estimate of drug-likeness (QED) is 0.754. The normalized spacial score (nSPS) is 29.2. The van der Waals surface area contributed by atoms with Crippen LogP contribution in [0.2, 0.25) is 0 Å². The predicted molar refractivity (Wildman–Crippen MR) is 117 cm³/mol. The Hall–Kier alpha value is -2.58. The maximum atomic E-state index is 12.9. The third-order valence-electron chi connectivity index (χ3n) is 7.23. The van der Waals surface area contributed by atoms with Crippen LogP contribution in [0.3, 0.4) is 0 Å². The largest absolute Gasteiger partial charge is 0.413 e. The highest BCUT2D eigenvalue weighted by molar-refractivity contribution is 5.89. The number of carbonyl (C=O) groups excluding carboxylic acids is 1. The second-order valence-corrected chi connectivity index (χ2v) is 9.71. The van der Waals surface area contributed by atoms with E-state index in [1.54, 1.807) is 6.20 Å². The maximum absolute atomic E-state index is 12.9. The minimum Gasteiger partial charge on any atom is -0.408 e. The van der Waals surface area contributed by atoms with Crippen LogP contribution in [0, 0.1) is 30.1 Å². The van der Waals surface area contributed by atoms with Crippen LogP contribution in [0.4, 0.5) is 4.79 Å². The highest BCUT2D eigenvalue weighted by Gasteiger charge is 2.51. The Labute approximate surface area is 178 Å². The van der Waals surface area contributed by atoms with E-state index in [0.717, 1.165) is 48.0 Å². The summed E-state index contributed by atoms with van der Waals surface area (Å²) in [5, 5.41) is 4.27. The van der Waals surface area contributed by atoms with Gasteiger partial charge in [0.05, 0.1) is 6.54 Å². The smallest absolute Gasteiger partial charge is 0.408 e. The topological polar surface area (TPSA) is 54.5 Å². The molecule has 0 saturated heterocycles. The summed E-state index contributed by atoms with van der Waals surface area (Å²) in [4.78, 5) is 19.5. The van der Waals surface area contributed by atoms with Crippen LogP contribution < -0.4 is 10.1 Å². The number of hydrogen-bond donors (Lipinski definition) is 1. The van der Waals surface area contributed by atoms with Crippen molar-refractivity contribution in [1.82, 2.24) is 15.2 Å². The Morgan fingerprint density at radius 3 is 2.60 bits per heavy atom. The highest BCUT2D eigenvalue weighted by atomic mass is 16.6. The molecule has 4 fully saturated rings. The van der Waals surface area contributed by atoms with E-state index >= 15 is 0 Å². The number of carbonyl (C=O) groups is 1. The van der Waals surface area contributed by atoms with Gasteiger partial charge in [-0.05, 0) is 81.0 Å². The van der Waals surface area contributed by atoms with Gasteiger partial charge in [0.1, 0.15) is 5.52 Å². The lowest BCUT2D eigenvalue weighted by Gasteiger charge is -2.56. The molecule has 156 valence electrons. The third-order valence-corrected chi connectivity index (χ3v) is 7.23. The van der Waals surface area contributed by atoms with Gasteiger partial charge < -0.3 is 10.1 Å². The summed E-state index contributed by atoms with van der Waals surface area (Å²) >= 11 is 0. The van der Waals surface area contributed by atoms with Crippen molar-refractivity contribution >= 4 is 17.0 Å². The Bertz CT molecular complexity index is 974. The van der Waals surface area contributed by atoms with Gasteiger partial charge >= 0.3 is 6.09 Å². The molecule has 0 atom stereocenters. The number of amides is 1. The van der Waals surface area contributed by atoms with Gasteiger partial charge in [0.25, 0.3) is 0 Å². The number of rotatable bonds is 5. The summed E-state index contributed by atoms with van der Waals surface area (Å²) < 4.78 is 5.82. The zero-order chi connectivity index (χ0) is 20.7. The Morgan fingerprint density at radius 2 is 1.93 bits per heavy atom. The van der Waals surface area contributed by atoms with Gasteiger partial charge in [-0.2, -0.15) is 0 Å². The molecule has 1 amide bonds. The second kappa shape index (κ2) is 7.59. The van der Waals surface area contributed by atoms with Crippen molar-refractivity contribution in [2.45, 2.75) is 50.6 Å². The van der Waals surface area contributed by atoms with Gasteiger partial charge in [0.15, 0.2) is 5.75 Å². The first-order chi connectivity index (χ1) is 14.5. The first-order valence-electron chi connectivity index (χ1n) is 11.0. The van der Waals surface area contributed by atoms with E-state index < -0.39 is 0 Å². The van der Waals surface area contributed by atoms with Gasteiger partial charge in [0, 0.05) is 23.7 Å². The minimum absolute atomic E-state index is 0.0626. The average molecular weight is 404 g/mol. The fourth-order valence-corrected chi connectivity index (χ4v) is 6.53. The molecule has 2 aromatic rings. The van der Waals surface area contributed by atoms with Crippen LogP contribution in [0.25, 0.3) is 10.9 Å². The van der Waals surface area contributed by atoms with Crippen molar-refractivity contribution in [3.63, 3.8) is 0 Å². The number of terminal acetylenes is 1. The lowest BCUT2D eigenvalue weighted by molar-refractivity contribution is -0.0161. The van der Waals surface area contributed by atoms with Gasteiger partial charge in [-0.25, -0.2) is 4.79 Å². The molecule has 4 aliphatic carbocycles. The lowest BCUT2D eigenvalue weighted by atomic mass is 9.53. The zero-order valence-corrected chi connectivity index (χ0v) is 17.6. The van der Waals surface area contributed by atoms with Gasteiger partial charge in [0.2, 0.25) is 0 Å². The van der Waals surface area contributed by atoms with Crippen molar-refractivity contribution in [2.75, 3.05) is 13.6 Å². The summed E-state index contributed by atoms with van der Waals surface area (Å²) in [7, 11) is 1.99. The number of hydrogen-bond acceptors (Lipinski definition) is 4. The van der Waals surface area contributed by atoms with Crippen LogP contribution in [-0.2, 0) is 6.54 Å². The fraction of sp³-hybridized carbons (Fsp3) is 0.520. The van der Waals surface area contributed by atoms with Gasteiger partial charge in [-0.15, -0.1) is 6.42 Å². The molecule has 0 aliphatic heterocycles. The maximum Gasteiger partial charge on any atom is 0.413 e. The molecule has 0 radical (unpaired) electrons. The summed E-state index contributed by atoms with van der Waals surface area (Å²) in [6.45, 7) is 1.29. The number of fused-ring (bicyclic) bond motifs is 1. The molecule has 5 heteroatoms. The summed E-state index contributed by atoms with van der Waals surface area (Å²) in [6, 6.07) is 7.79. The van der Waals surface area contributed by atoms with Crippen LogP contribution in [0.1, 0.15) is 44.1 Å². The average Bonchev–Trinajstić information content (AvgIpc) is 2.68. The molecular formula is C25H29N3O2. The molecule has 0 spiro atoms. The van der Waals surface area contributed by atoms with E-state index in [4.69, 9.17) is 11.2 Å². The molecule has 1 aromatic heterocycles. The highest BCUT2D eigenvalue weighted by Crippen LogP contribution is 2.55. The van der Waals surface area contributed by atoms with Crippen molar-refractivity contribution in [1.29, 1.82) is 0 Å². The second-order valence-electron chi connectivity index (χ2n) is 9.71. The molecular weight excluding hydrogens is 374 g/mol. The van der Waals surface area contributed by atoms with E-state index in [2.05, 4.69) is 21.1 Å². The summed E-state index contributed by atoms with van der Waals surface area (Å²) in [6.07, 6.45) is 14.2. The van der Waals surface area contributed by atoms with Crippen molar-refractivity contribution in [3.05, 3.63) is 36.0 Å². The van der Waals surface area contributed by atoms with Crippen LogP contribution in [0.5, 0.6) is 5.75 Å². The summed E-state index contributed by atoms with van der Waals surface area (Å²) in [5.74, 6) is 5.51. The Morgan fingerprint density at radius 1 is 1.23 bits per heavy atom. The molecule has 1 aromatic carbocycles. The number of aromatic nitrogens is 1. The molecule has 4 aliphatic rings. The molecule has 0 unspecified atom stereocenters. The van der Waals surface area contributed by atoms with E-state index in [1.807, 2.05) is 31.3 Å². The molecule has 30 heavy (non-hydrogen) atoms. The van der Waals surface area contributed by atoms with Crippen LogP contribution in [0.15, 0.2) is 30.5 Å². The first kappa shape index (κ1) is 19.4. The SMILES string of the molecule is C#CCN(C)Cc1ccc(OC(=O)NC23CC4CC(CC(C4)C2)C3)c2ncccc12. The minimum atomic E-state index is -0.346. The zero-order valence-electron chi connectivity index (χ0n) is 17.6. The molecule has 1 N–H and O–H groups in total. The first-order valence-corrected chi connectivity index (χ1v) is 11.0. The fourth-order valence-electron chi connectivity index (χ4n) is 6.53.